The maximum absolute atomic E-state index is 4.64. The highest BCUT2D eigenvalue weighted by atomic mass is 32.2. The summed E-state index contributed by atoms with van der Waals surface area (Å²) in [5, 5.41) is 3.49. The van der Waals surface area contributed by atoms with Crippen molar-refractivity contribution in [2.45, 2.75) is 4.21 Å². The first-order valence-corrected chi connectivity index (χ1v) is 4.01. The first-order valence-electron chi connectivity index (χ1n) is 2.83. The molecule has 4 nitrogen and oxygen atoms in total. The number of aromatic amines is 2. The van der Waals surface area contributed by atoms with Gasteiger partial charge in [-0.05, 0) is 0 Å². The number of rotatable bonds is 0. The molecule has 11 heavy (non-hydrogen) atoms. The van der Waals surface area contributed by atoms with E-state index in [2.05, 4.69) is 32.2 Å². The highest BCUT2D eigenvalue weighted by Crippen LogP contribution is 1.96. The van der Waals surface area contributed by atoms with E-state index in [1.807, 2.05) is 12.4 Å². The molecule has 0 aliphatic carbocycles. The summed E-state index contributed by atoms with van der Waals surface area (Å²) in [7, 11) is 0. The molecular weight excluding hydrogens is 180 g/mol. The molecule has 0 unspecified atom stereocenters. The summed E-state index contributed by atoms with van der Waals surface area (Å²) < 4.78 is 4.25. The highest BCUT2D eigenvalue weighted by Gasteiger charge is 1.65. The summed E-state index contributed by atoms with van der Waals surface area (Å²) in [4.78, 5) is 5.61. The molecular formula is C5H6N4S2. The van der Waals surface area contributed by atoms with Crippen LogP contribution in [0.15, 0.2) is 29.1 Å². The van der Waals surface area contributed by atoms with Crippen LogP contribution in [0, 0.1) is 0 Å². The number of aromatic nitrogens is 4. The summed E-state index contributed by atoms with van der Waals surface area (Å²) >= 11 is 5.87. The van der Waals surface area contributed by atoms with Gasteiger partial charge in [-0.3, -0.25) is 9.97 Å². The first kappa shape index (κ1) is 8.09. The summed E-state index contributed by atoms with van der Waals surface area (Å²) in [5.41, 5.74) is 0. The molecule has 6 heteroatoms. The van der Waals surface area contributed by atoms with E-state index in [1.165, 1.54) is 11.5 Å². The van der Waals surface area contributed by atoms with E-state index < -0.39 is 0 Å². The van der Waals surface area contributed by atoms with Crippen LogP contribution in [0.25, 0.3) is 0 Å². The molecule has 2 rings (SSSR count). The molecule has 2 aromatic heterocycles. The Kier molecular flexibility index (Phi) is 3.49. The maximum Gasteiger partial charge on any atom is 0.239 e. The fourth-order valence-electron chi connectivity index (χ4n) is 0.399. The Balaban J connectivity index is 0.000000112. The average molecular weight is 186 g/mol. The lowest BCUT2D eigenvalue weighted by molar-refractivity contribution is -0.375. The van der Waals surface area contributed by atoms with Gasteiger partial charge in [0.2, 0.25) is 6.33 Å². The number of nitrogens with zero attached hydrogens (tertiary/aromatic N) is 2. The first-order chi connectivity index (χ1) is 5.39. The van der Waals surface area contributed by atoms with Crippen molar-refractivity contribution in [2.75, 3.05) is 0 Å². The number of H-pyrrole nitrogens is 2. The molecule has 0 spiro atoms. The molecule has 0 fully saturated rings. The summed E-state index contributed by atoms with van der Waals surface area (Å²) in [5.74, 6) is 0. The predicted octanol–water partition coefficient (Wildman–Crippen LogP) is 0.273. The molecule has 0 radical (unpaired) electrons. The average Bonchev–Trinajstić information content (AvgIpc) is 2.57. The van der Waals surface area contributed by atoms with Crippen LogP contribution >= 0.6 is 11.5 Å². The molecule has 0 aromatic carbocycles. The largest absolute Gasteiger partial charge is 0.425 e. The lowest BCUT2D eigenvalue weighted by Crippen LogP contribution is -1.87. The lowest BCUT2D eigenvalue weighted by atomic mass is 11.0. The monoisotopic (exact) mass is 186 g/mol. The normalized spacial score (nSPS) is 8.36. The van der Waals surface area contributed by atoms with E-state index >= 15 is 0 Å². The van der Waals surface area contributed by atoms with Gasteiger partial charge in [0, 0.05) is 6.20 Å². The van der Waals surface area contributed by atoms with Crippen molar-refractivity contribution >= 4 is 24.2 Å². The van der Waals surface area contributed by atoms with Gasteiger partial charge in [-0.15, -0.1) is 0 Å². The van der Waals surface area contributed by atoms with Crippen LogP contribution in [0.5, 0.6) is 0 Å². The van der Waals surface area contributed by atoms with Crippen LogP contribution in [0.3, 0.4) is 0 Å². The van der Waals surface area contributed by atoms with Crippen molar-refractivity contribution in [3.8, 4) is 0 Å². The van der Waals surface area contributed by atoms with Gasteiger partial charge < -0.3 is 12.6 Å². The Labute approximate surface area is 73.3 Å². The quantitative estimate of drug-likeness (QED) is 0.601. The van der Waals surface area contributed by atoms with Gasteiger partial charge in [0.25, 0.3) is 0 Å². The van der Waals surface area contributed by atoms with Crippen LogP contribution in [0.1, 0.15) is 0 Å². The molecule has 0 aliphatic rings. The van der Waals surface area contributed by atoms with Crippen molar-refractivity contribution in [2.24, 2.45) is 0 Å². The molecule has 0 atom stereocenters. The Bertz CT molecular complexity index is 235. The molecule has 0 saturated heterocycles. The second-order valence-electron chi connectivity index (χ2n) is 1.55. The van der Waals surface area contributed by atoms with Crippen molar-refractivity contribution in [3.05, 3.63) is 24.9 Å². The van der Waals surface area contributed by atoms with Gasteiger partial charge in [-0.2, -0.15) is 5.10 Å². The van der Waals surface area contributed by atoms with Crippen molar-refractivity contribution in [1.82, 2.24) is 14.6 Å². The maximum atomic E-state index is 4.64. The standard InChI is InChI=1S/C3H4N2.C2H2N2S2/c1-2-5-3-4-1;5-2-1-3-4-6-2/h1-3H,(H,4,5);1,5H. The third-order valence-corrected chi connectivity index (χ3v) is 1.57. The summed E-state index contributed by atoms with van der Waals surface area (Å²) in [6.07, 6.45) is 6.94. The Morgan fingerprint density at radius 3 is 2.73 bits per heavy atom. The topological polar surface area (TPSA) is 55.7 Å². The van der Waals surface area contributed by atoms with E-state index in [9.17, 15) is 0 Å². The predicted molar refractivity (Wildman–Crippen MR) is 42.9 cm³/mol. The number of imidazole rings is 1. The minimum Gasteiger partial charge on any atom is -0.425 e. The lowest BCUT2D eigenvalue weighted by Gasteiger charge is -1.78. The van der Waals surface area contributed by atoms with Crippen molar-refractivity contribution in [1.29, 1.82) is 0 Å². The summed E-state index contributed by atoms with van der Waals surface area (Å²) in [6, 6.07) is 0. The Hall–Kier alpha value is -1.01. The molecule has 0 aliphatic heterocycles. The van der Waals surface area contributed by atoms with Crippen molar-refractivity contribution in [3.63, 3.8) is 0 Å². The molecule has 0 amide bonds. The van der Waals surface area contributed by atoms with Gasteiger partial charge in [0.05, 0.1) is 0 Å². The third-order valence-electron chi connectivity index (χ3n) is 0.784. The van der Waals surface area contributed by atoms with Crippen LogP contribution in [0.2, 0.25) is 0 Å². The molecule has 0 bridgehead atoms. The number of nitrogens with one attached hydrogen (secondary N) is 2. The molecule has 2 heterocycles. The second-order valence-corrected chi connectivity index (χ2v) is 3.03. The fraction of sp³-hybridized carbons (Fsp3) is 0. The van der Waals surface area contributed by atoms with E-state index in [1.54, 1.807) is 12.5 Å². The minimum absolute atomic E-state index is 0.745. The van der Waals surface area contributed by atoms with E-state index in [0.29, 0.717) is 0 Å². The SMILES string of the molecule is [S-]c1cnns1.c1c[nH+]c[nH]1. The van der Waals surface area contributed by atoms with Crippen LogP contribution in [0.4, 0.5) is 0 Å². The fourth-order valence-corrected chi connectivity index (χ4v) is 0.815. The number of hydrogen-bond acceptors (Lipinski definition) is 4. The van der Waals surface area contributed by atoms with Gasteiger partial charge in [-0.1, -0.05) is 4.21 Å². The smallest absolute Gasteiger partial charge is 0.239 e. The van der Waals surface area contributed by atoms with Gasteiger partial charge in [-0.25, -0.2) is 16.0 Å². The highest BCUT2D eigenvalue weighted by molar-refractivity contribution is 7.62. The zero-order chi connectivity index (χ0) is 7.94. The van der Waals surface area contributed by atoms with Gasteiger partial charge in [0.1, 0.15) is 12.4 Å². The molecule has 2 N–H and O–H groups in total. The van der Waals surface area contributed by atoms with E-state index in [4.69, 9.17) is 0 Å². The van der Waals surface area contributed by atoms with Crippen LogP contribution in [-0.2, 0) is 12.6 Å². The van der Waals surface area contributed by atoms with E-state index in [0.717, 1.165) is 4.21 Å². The molecule has 0 saturated carbocycles. The minimum atomic E-state index is 0.745. The summed E-state index contributed by atoms with van der Waals surface area (Å²) in [6.45, 7) is 0. The molecule has 58 valence electrons. The Morgan fingerprint density at radius 2 is 2.55 bits per heavy atom. The van der Waals surface area contributed by atoms with Crippen LogP contribution < -0.4 is 4.98 Å². The number of hydrogen-bond donors (Lipinski definition) is 1. The van der Waals surface area contributed by atoms with E-state index in [-0.39, 0.29) is 0 Å². The molecule has 2 aromatic rings. The second kappa shape index (κ2) is 4.75. The van der Waals surface area contributed by atoms with Gasteiger partial charge >= 0.3 is 0 Å². The van der Waals surface area contributed by atoms with Crippen LogP contribution in [-0.4, -0.2) is 14.6 Å². The third kappa shape index (κ3) is 3.64. The zero-order valence-corrected chi connectivity index (χ0v) is 7.15. The Morgan fingerprint density at radius 1 is 1.64 bits per heavy atom. The van der Waals surface area contributed by atoms with Gasteiger partial charge in [0.15, 0.2) is 0 Å². The van der Waals surface area contributed by atoms with Crippen molar-refractivity contribution < 1.29 is 4.98 Å². The zero-order valence-electron chi connectivity index (χ0n) is 5.52.